The van der Waals surface area contributed by atoms with E-state index in [0.29, 0.717) is 37.1 Å². The summed E-state index contributed by atoms with van der Waals surface area (Å²) in [7, 11) is 0. The minimum atomic E-state index is -0.666. The highest BCUT2D eigenvalue weighted by Crippen LogP contribution is 2.22. The van der Waals surface area contributed by atoms with E-state index in [4.69, 9.17) is 4.74 Å². The molecule has 0 atom stereocenters. The van der Waals surface area contributed by atoms with Crippen molar-refractivity contribution in [3.05, 3.63) is 35.4 Å². The van der Waals surface area contributed by atoms with Gasteiger partial charge in [0.15, 0.2) is 0 Å². The van der Waals surface area contributed by atoms with Gasteiger partial charge in [-0.1, -0.05) is 12.1 Å². The molecule has 1 heterocycles. The van der Waals surface area contributed by atoms with Crippen LogP contribution in [0, 0.1) is 0 Å². The normalized spacial score (nSPS) is 12.9. The predicted octanol–water partition coefficient (Wildman–Crippen LogP) is 1.21. The zero-order chi connectivity index (χ0) is 23.7. The molecule has 174 valence electrons. The van der Waals surface area contributed by atoms with Gasteiger partial charge in [-0.25, -0.2) is 4.79 Å². The number of benzene rings is 1. The predicted molar refractivity (Wildman–Crippen MR) is 116 cm³/mol. The van der Waals surface area contributed by atoms with E-state index in [1.54, 1.807) is 45.0 Å². The lowest BCUT2D eigenvalue weighted by Crippen LogP contribution is -2.40. The van der Waals surface area contributed by atoms with Crippen LogP contribution < -0.4 is 16.0 Å². The van der Waals surface area contributed by atoms with E-state index < -0.39 is 11.7 Å². The maximum absolute atomic E-state index is 12.3. The summed E-state index contributed by atoms with van der Waals surface area (Å²) in [5, 5.41) is 7.72. The Bertz CT molecular complexity index is 842. The van der Waals surface area contributed by atoms with Crippen LogP contribution in [0.1, 0.15) is 60.7 Å². The molecule has 2 rings (SSSR count). The van der Waals surface area contributed by atoms with Crippen LogP contribution in [0.25, 0.3) is 0 Å². The summed E-state index contributed by atoms with van der Waals surface area (Å²) in [5.74, 6) is -1.21. The SMILES string of the molecule is CC(C)(C)OC(=O)NCC(=O)NCCCNC(=O)CCCN1C(=O)c2ccccc2C1=O. The number of ether oxygens (including phenoxy) is 1. The summed E-state index contributed by atoms with van der Waals surface area (Å²) in [6, 6.07) is 6.66. The minimum Gasteiger partial charge on any atom is -0.444 e. The first-order valence-electron chi connectivity index (χ1n) is 10.5. The fourth-order valence-electron chi connectivity index (χ4n) is 3.00. The van der Waals surface area contributed by atoms with Gasteiger partial charge in [0.25, 0.3) is 11.8 Å². The molecule has 32 heavy (non-hydrogen) atoms. The van der Waals surface area contributed by atoms with E-state index in [9.17, 15) is 24.0 Å². The zero-order valence-electron chi connectivity index (χ0n) is 18.7. The number of hydrogen-bond donors (Lipinski definition) is 3. The van der Waals surface area contributed by atoms with Gasteiger partial charge in [0.05, 0.1) is 17.7 Å². The molecule has 0 fully saturated rings. The first kappa shape index (κ1) is 24.8. The average Bonchev–Trinajstić information content (AvgIpc) is 2.96. The number of carbonyl (C=O) groups is 5. The fourth-order valence-corrected chi connectivity index (χ4v) is 3.00. The molecule has 0 bridgehead atoms. The maximum atomic E-state index is 12.3. The van der Waals surface area contributed by atoms with Gasteiger partial charge in [-0.05, 0) is 45.7 Å². The van der Waals surface area contributed by atoms with Gasteiger partial charge in [-0.3, -0.25) is 24.1 Å². The molecular formula is C22H30N4O6. The monoisotopic (exact) mass is 446 g/mol. The highest BCUT2D eigenvalue weighted by Gasteiger charge is 2.34. The first-order valence-corrected chi connectivity index (χ1v) is 10.5. The van der Waals surface area contributed by atoms with Gasteiger partial charge in [-0.15, -0.1) is 0 Å². The molecule has 0 unspecified atom stereocenters. The fraction of sp³-hybridized carbons (Fsp3) is 0.500. The molecule has 1 aliphatic rings. The van der Waals surface area contributed by atoms with Crippen molar-refractivity contribution in [3.8, 4) is 0 Å². The second-order valence-electron chi connectivity index (χ2n) is 8.32. The average molecular weight is 447 g/mol. The van der Waals surface area contributed by atoms with Crippen molar-refractivity contribution in [2.75, 3.05) is 26.2 Å². The molecule has 0 aromatic heterocycles. The van der Waals surface area contributed by atoms with Crippen LogP contribution in [0.2, 0.25) is 0 Å². The Balaban J connectivity index is 1.53. The third kappa shape index (κ3) is 7.68. The highest BCUT2D eigenvalue weighted by atomic mass is 16.6. The first-order chi connectivity index (χ1) is 15.1. The standard InChI is InChI=1S/C22H30N4O6/c1-22(2,3)32-21(31)25-14-18(28)24-12-7-11-23-17(27)10-6-13-26-19(29)15-8-4-5-9-16(15)20(26)30/h4-5,8-9H,6-7,10-14H2,1-3H3,(H,23,27)(H,24,28)(H,25,31). The van der Waals surface area contributed by atoms with Gasteiger partial charge in [0.2, 0.25) is 11.8 Å². The van der Waals surface area contributed by atoms with E-state index in [1.165, 1.54) is 4.90 Å². The van der Waals surface area contributed by atoms with Crippen molar-refractivity contribution >= 4 is 29.7 Å². The Morgan fingerprint density at radius 3 is 2.00 bits per heavy atom. The Labute approximate surface area is 187 Å². The van der Waals surface area contributed by atoms with Crippen molar-refractivity contribution < 1.29 is 28.7 Å². The largest absolute Gasteiger partial charge is 0.444 e. The Hall–Kier alpha value is -3.43. The number of fused-ring (bicyclic) bond motifs is 1. The van der Waals surface area contributed by atoms with E-state index in [-0.39, 0.29) is 43.1 Å². The molecule has 0 aliphatic carbocycles. The number of rotatable bonds is 10. The third-order valence-electron chi connectivity index (χ3n) is 4.45. The van der Waals surface area contributed by atoms with Crippen LogP contribution in [0.5, 0.6) is 0 Å². The van der Waals surface area contributed by atoms with Crippen molar-refractivity contribution in [1.82, 2.24) is 20.9 Å². The van der Waals surface area contributed by atoms with Gasteiger partial charge < -0.3 is 20.7 Å². The Kier molecular flexibility index (Phi) is 8.74. The zero-order valence-corrected chi connectivity index (χ0v) is 18.7. The van der Waals surface area contributed by atoms with Crippen LogP contribution in [0.4, 0.5) is 4.79 Å². The number of imide groups is 1. The highest BCUT2D eigenvalue weighted by molar-refractivity contribution is 6.21. The summed E-state index contributed by atoms with van der Waals surface area (Å²) in [6.07, 6.45) is 0.396. The number of nitrogens with zero attached hydrogens (tertiary/aromatic N) is 1. The molecule has 0 radical (unpaired) electrons. The summed E-state index contributed by atoms with van der Waals surface area (Å²) in [5.41, 5.74) is 0.152. The second-order valence-corrected chi connectivity index (χ2v) is 8.32. The number of carbonyl (C=O) groups excluding carboxylic acids is 5. The summed E-state index contributed by atoms with van der Waals surface area (Å²) < 4.78 is 5.03. The van der Waals surface area contributed by atoms with Crippen molar-refractivity contribution in [2.24, 2.45) is 0 Å². The quantitative estimate of drug-likeness (QED) is 0.365. The van der Waals surface area contributed by atoms with Crippen molar-refractivity contribution in [2.45, 2.75) is 45.6 Å². The van der Waals surface area contributed by atoms with Crippen LogP contribution in [0.15, 0.2) is 24.3 Å². The molecule has 5 amide bonds. The Morgan fingerprint density at radius 1 is 0.875 bits per heavy atom. The van der Waals surface area contributed by atoms with E-state index >= 15 is 0 Å². The summed E-state index contributed by atoms with van der Waals surface area (Å²) >= 11 is 0. The molecule has 0 saturated heterocycles. The van der Waals surface area contributed by atoms with Crippen molar-refractivity contribution in [3.63, 3.8) is 0 Å². The lowest BCUT2D eigenvalue weighted by atomic mass is 10.1. The van der Waals surface area contributed by atoms with Gasteiger partial charge in [-0.2, -0.15) is 0 Å². The molecule has 10 heteroatoms. The topological polar surface area (TPSA) is 134 Å². The number of hydrogen-bond acceptors (Lipinski definition) is 6. The van der Waals surface area contributed by atoms with Gasteiger partial charge >= 0.3 is 6.09 Å². The number of alkyl carbamates (subject to hydrolysis) is 1. The molecule has 1 aromatic carbocycles. The van der Waals surface area contributed by atoms with Crippen LogP contribution in [0.3, 0.4) is 0 Å². The molecule has 3 N–H and O–H groups in total. The smallest absolute Gasteiger partial charge is 0.408 e. The Morgan fingerprint density at radius 2 is 1.44 bits per heavy atom. The maximum Gasteiger partial charge on any atom is 0.408 e. The van der Waals surface area contributed by atoms with E-state index in [1.807, 2.05) is 0 Å². The summed E-state index contributed by atoms with van der Waals surface area (Å²) in [4.78, 5) is 60.8. The van der Waals surface area contributed by atoms with E-state index in [2.05, 4.69) is 16.0 Å². The minimum absolute atomic E-state index is 0.180. The lowest BCUT2D eigenvalue weighted by molar-refractivity contribution is -0.121. The second kappa shape index (κ2) is 11.3. The van der Waals surface area contributed by atoms with Crippen LogP contribution in [-0.2, 0) is 14.3 Å². The third-order valence-corrected chi connectivity index (χ3v) is 4.45. The molecular weight excluding hydrogens is 416 g/mol. The van der Waals surface area contributed by atoms with Gasteiger partial charge in [0.1, 0.15) is 5.60 Å². The lowest BCUT2D eigenvalue weighted by Gasteiger charge is -2.19. The van der Waals surface area contributed by atoms with Crippen molar-refractivity contribution in [1.29, 1.82) is 0 Å². The van der Waals surface area contributed by atoms with Crippen LogP contribution >= 0.6 is 0 Å². The van der Waals surface area contributed by atoms with Gasteiger partial charge in [0, 0.05) is 26.1 Å². The summed E-state index contributed by atoms with van der Waals surface area (Å²) in [6.45, 7) is 5.87. The number of nitrogens with one attached hydrogen (secondary N) is 3. The van der Waals surface area contributed by atoms with E-state index in [0.717, 1.165) is 0 Å². The molecule has 0 spiro atoms. The number of amides is 5. The molecule has 1 aromatic rings. The molecule has 1 aliphatic heterocycles. The molecule has 0 saturated carbocycles. The van der Waals surface area contributed by atoms with Crippen LogP contribution in [-0.4, -0.2) is 66.4 Å². The molecule has 10 nitrogen and oxygen atoms in total.